The average molecular weight is 258 g/mol. The highest BCUT2D eigenvalue weighted by molar-refractivity contribution is 5.52. The number of hydrogen-bond acceptors (Lipinski definition) is 6. The van der Waals surface area contributed by atoms with E-state index in [0.717, 1.165) is 11.4 Å². The summed E-state index contributed by atoms with van der Waals surface area (Å²) in [6, 6.07) is 1.98. The molecule has 0 fully saturated rings. The number of nitrogens with zero attached hydrogens (tertiary/aromatic N) is 7. The van der Waals surface area contributed by atoms with E-state index in [2.05, 4.69) is 25.5 Å². The summed E-state index contributed by atoms with van der Waals surface area (Å²) in [6.07, 6.45) is 1.81. The molecule has 8 nitrogen and oxygen atoms in total. The number of hydrogen-bond donors (Lipinski definition) is 1. The van der Waals surface area contributed by atoms with Crippen molar-refractivity contribution in [3.05, 3.63) is 23.7 Å². The monoisotopic (exact) mass is 258 g/mol. The molecule has 0 radical (unpaired) electrons. The zero-order chi connectivity index (χ0) is 13.4. The van der Waals surface area contributed by atoms with Gasteiger partial charge in [0.15, 0.2) is 11.5 Å². The molecule has 0 saturated carbocycles. The van der Waals surface area contributed by atoms with Gasteiger partial charge in [-0.05, 0) is 19.9 Å². The average Bonchev–Trinajstić information content (AvgIpc) is 2.95. The third kappa shape index (κ3) is 1.95. The van der Waals surface area contributed by atoms with Crippen LogP contribution in [0, 0.1) is 13.8 Å². The van der Waals surface area contributed by atoms with Gasteiger partial charge < -0.3 is 5.73 Å². The van der Waals surface area contributed by atoms with Crippen LogP contribution in [-0.4, -0.2) is 41.1 Å². The minimum Gasteiger partial charge on any atom is -0.329 e. The highest BCUT2D eigenvalue weighted by Crippen LogP contribution is 2.16. The Labute approximate surface area is 109 Å². The SMILES string of the molecule is Cc1cc(C)n2c(-c3cn(CCN)nn3)nnc2n1. The Hall–Kier alpha value is -2.35. The van der Waals surface area contributed by atoms with E-state index in [1.54, 1.807) is 4.68 Å². The summed E-state index contributed by atoms with van der Waals surface area (Å²) in [7, 11) is 0. The van der Waals surface area contributed by atoms with Crippen LogP contribution in [0.4, 0.5) is 0 Å². The first-order valence-corrected chi connectivity index (χ1v) is 5.99. The van der Waals surface area contributed by atoms with Crippen LogP contribution < -0.4 is 5.73 Å². The minimum absolute atomic E-state index is 0.517. The number of nitrogens with two attached hydrogens (primary N) is 1. The van der Waals surface area contributed by atoms with E-state index in [1.807, 2.05) is 30.5 Å². The molecule has 98 valence electrons. The van der Waals surface area contributed by atoms with E-state index in [0.29, 0.717) is 30.4 Å². The molecule has 3 aromatic heterocycles. The molecule has 0 saturated heterocycles. The van der Waals surface area contributed by atoms with Gasteiger partial charge in [-0.25, -0.2) is 4.98 Å². The third-order valence-corrected chi connectivity index (χ3v) is 2.82. The van der Waals surface area contributed by atoms with Gasteiger partial charge >= 0.3 is 0 Å². The van der Waals surface area contributed by atoms with Crippen molar-refractivity contribution in [3.8, 4) is 11.5 Å². The van der Waals surface area contributed by atoms with E-state index in [1.165, 1.54) is 0 Å². The molecular weight excluding hydrogens is 244 g/mol. The molecule has 0 unspecified atom stereocenters. The van der Waals surface area contributed by atoms with Gasteiger partial charge in [0.2, 0.25) is 0 Å². The quantitative estimate of drug-likeness (QED) is 0.707. The summed E-state index contributed by atoms with van der Waals surface area (Å²) < 4.78 is 3.55. The molecule has 0 aliphatic rings. The lowest BCUT2D eigenvalue weighted by Gasteiger charge is -2.01. The van der Waals surface area contributed by atoms with Gasteiger partial charge in [-0.15, -0.1) is 15.3 Å². The van der Waals surface area contributed by atoms with Crippen LogP contribution in [-0.2, 0) is 6.54 Å². The summed E-state index contributed by atoms with van der Waals surface area (Å²) in [5, 5.41) is 16.3. The second-order valence-electron chi connectivity index (χ2n) is 4.35. The minimum atomic E-state index is 0.517. The van der Waals surface area contributed by atoms with Gasteiger partial charge in [0, 0.05) is 17.9 Å². The summed E-state index contributed by atoms with van der Waals surface area (Å²) in [6.45, 7) is 5.06. The van der Waals surface area contributed by atoms with Crippen LogP contribution in [0.25, 0.3) is 17.3 Å². The fraction of sp³-hybridized carbons (Fsp3) is 0.364. The Kier molecular flexibility index (Phi) is 2.71. The van der Waals surface area contributed by atoms with Crippen LogP contribution in [0.1, 0.15) is 11.4 Å². The largest absolute Gasteiger partial charge is 0.329 e. The maximum absolute atomic E-state index is 5.49. The lowest BCUT2D eigenvalue weighted by molar-refractivity contribution is 0.598. The molecule has 0 bridgehead atoms. The molecule has 0 atom stereocenters. The molecule has 3 rings (SSSR count). The molecule has 0 aliphatic carbocycles. The Morgan fingerprint density at radius 1 is 1.21 bits per heavy atom. The molecule has 0 aromatic carbocycles. The summed E-state index contributed by atoms with van der Waals surface area (Å²) in [4.78, 5) is 4.34. The number of rotatable bonds is 3. The maximum Gasteiger partial charge on any atom is 0.255 e. The number of aryl methyl sites for hydroxylation is 2. The van der Waals surface area contributed by atoms with E-state index in [4.69, 9.17) is 5.73 Å². The first-order chi connectivity index (χ1) is 9.19. The van der Waals surface area contributed by atoms with Crippen molar-refractivity contribution in [2.45, 2.75) is 20.4 Å². The molecule has 3 heterocycles. The van der Waals surface area contributed by atoms with Crippen LogP contribution in [0.3, 0.4) is 0 Å². The topological polar surface area (TPSA) is 99.8 Å². The predicted molar refractivity (Wildman–Crippen MR) is 68.3 cm³/mol. The fourth-order valence-electron chi connectivity index (χ4n) is 2.04. The van der Waals surface area contributed by atoms with Crippen LogP contribution >= 0.6 is 0 Å². The molecule has 0 aliphatic heterocycles. The van der Waals surface area contributed by atoms with Crippen molar-refractivity contribution in [3.63, 3.8) is 0 Å². The summed E-state index contributed by atoms with van der Waals surface area (Å²) in [5.74, 6) is 1.21. The Bertz CT molecular complexity index is 725. The van der Waals surface area contributed by atoms with Gasteiger partial charge in [-0.2, -0.15) is 0 Å². The van der Waals surface area contributed by atoms with E-state index >= 15 is 0 Å². The molecule has 8 heteroatoms. The van der Waals surface area contributed by atoms with Crippen molar-refractivity contribution in [2.75, 3.05) is 6.54 Å². The van der Waals surface area contributed by atoms with Gasteiger partial charge in [0.25, 0.3) is 5.78 Å². The normalized spacial score (nSPS) is 11.3. The Balaban J connectivity index is 2.14. The molecule has 0 spiro atoms. The Morgan fingerprint density at radius 3 is 2.84 bits per heavy atom. The highest BCUT2D eigenvalue weighted by atomic mass is 15.4. The molecule has 2 N–H and O–H groups in total. The number of aromatic nitrogens is 7. The van der Waals surface area contributed by atoms with Crippen molar-refractivity contribution in [1.29, 1.82) is 0 Å². The first-order valence-electron chi connectivity index (χ1n) is 5.99. The van der Waals surface area contributed by atoms with Crippen molar-refractivity contribution < 1.29 is 0 Å². The van der Waals surface area contributed by atoms with Crippen LogP contribution in [0.2, 0.25) is 0 Å². The molecular formula is C11H14N8. The second kappa shape index (κ2) is 4.39. The van der Waals surface area contributed by atoms with Crippen LogP contribution in [0.15, 0.2) is 12.3 Å². The lowest BCUT2D eigenvalue weighted by atomic mass is 10.3. The highest BCUT2D eigenvalue weighted by Gasteiger charge is 2.14. The summed E-state index contributed by atoms with van der Waals surface area (Å²) in [5.41, 5.74) is 8.07. The van der Waals surface area contributed by atoms with E-state index in [9.17, 15) is 0 Å². The van der Waals surface area contributed by atoms with Gasteiger partial charge in [0.05, 0.1) is 12.7 Å². The van der Waals surface area contributed by atoms with Crippen molar-refractivity contribution in [2.24, 2.45) is 5.73 Å². The zero-order valence-electron chi connectivity index (χ0n) is 10.8. The smallest absolute Gasteiger partial charge is 0.255 e. The van der Waals surface area contributed by atoms with Gasteiger partial charge in [-0.1, -0.05) is 5.21 Å². The molecule has 3 aromatic rings. The summed E-state index contributed by atoms with van der Waals surface area (Å²) >= 11 is 0. The number of fused-ring (bicyclic) bond motifs is 1. The molecule has 0 amide bonds. The van der Waals surface area contributed by atoms with Crippen LogP contribution in [0.5, 0.6) is 0 Å². The maximum atomic E-state index is 5.49. The van der Waals surface area contributed by atoms with E-state index in [-0.39, 0.29) is 0 Å². The second-order valence-corrected chi connectivity index (χ2v) is 4.35. The fourth-order valence-corrected chi connectivity index (χ4v) is 2.04. The zero-order valence-corrected chi connectivity index (χ0v) is 10.8. The van der Waals surface area contributed by atoms with Crippen molar-refractivity contribution >= 4 is 5.78 Å². The van der Waals surface area contributed by atoms with E-state index < -0.39 is 0 Å². The lowest BCUT2D eigenvalue weighted by Crippen LogP contribution is -2.10. The third-order valence-electron chi connectivity index (χ3n) is 2.82. The van der Waals surface area contributed by atoms with Gasteiger partial charge in [-0.3, -0.25) is 9.08 Å². The first kappa shape index (κ1) is 11.7. The van der Waals surface area contributed by atoms with Crippen molar-refractivity contribution in [1.82, 2.24) is 34.6 Å². The van der Waals surface area contributed by atoms with Gasteiger partial charge in [0.1, 0.15) is 0 Å². The molecule has 19 heavy (non-hydrogen) atoms. The Morgan fingerprint density at radius 2 is 2.05 bits per heavy atom. The standard InChI is InChI=1S/C11H14N8/c1-7-5-8(2)19-10(15-16-11(19)13-7)9-6-18(4-3-12)17-14-9/h5-6H,3-4,12H2,1-2H3. The predicted octanol–water partition coefficient (Wildman–Crippen LogP) is -0.0417.